The van der Waals surface area contributed by atoms with Crippen LogP contribution in [-0.2, 0) is 0 Å². The van der Waals surface area contributed by atoms with Gasteiger partial charge in [-0.15, -0.1) is 0 Å². The van der Waals surface area contributed by atoms with Gasteiger partial charge in [-0.2, -0.15) is 0 Å². The number of furan rings is 2. The Morgan fingerprint density at radius 1 is 0.452 bits per heavy atom. The van der Waals surface area contributed by atoms with Crippen molar-refractivity contribution in [1.29, 1.82) is 0 Å². The van der Waals surface area contributed by atoms with E-state index in [1.807, 2.05) is 48.5 Å². The summed E-state index contributed by atoms with van der Waals surface area (Å²) in [5.74, 6) is 0.636. The highest BCUT2D eigenvalue weighted by Gasteiger charge is 2.21. The van der Waals surface area contributed by atoms with Gasteiger partial charge in [0.2, 0.25) is 0 Å². The summed E-state index contributed by atoms with van der Waals surface area (Å²) in [6.07, 6.45) is 0. The van der Waals surface area contributed by atoms with Gasteiger partial charge in [-0.1, -0.05) is 97.1 Å². The van der Waals surface area contributed by atoms with E-state index in [0.29, 0.717) is 11.4 Å². The quantitative estimate of drug-likeness (QED) is 0.224. The maximum atomic E-state index is 6.36. The van der Waals surface area contributed by atoms with Gasteiger partial charge in [-0.3, -0.25) is 0 Å². The van der Waals surface area contributed by atoms with Crippen molar-refractivity contribution < 1.29 is 8.83 Å². The first-order valence-electron chi connectivity index (χ1n) is 14.0. The lowest BCUT2D eigenvalue weighted by atomic mass is 9.98. The van der Waals surface area contributed by atoms with Gasteiger partial charge >= 0.3 is 0 Å². The number of hydrogen-bond acceptors (Lipinski definition) is 4. The molecule has 0 saturated heterocycles. The standard InChI is InChI=1S/C38H22N2O2/c1-2-10-24(11-3-1)35-37-36(28-13-6-7-15-31(28)42-37)40-38(39-35)29-14-8-16-33-34(29)30-22-27(19-20-32(30)41-33)26-18-17-23-9-4-5-12-25(23)21-26/h1-22H. The molecule has 4 nitrogen and oxygen atoms in total. The van der Waals surface area contributed by atoms with Crippen LogP contribution in [0.5, 0.6) is 0 Å². The van der Waals surface area contributed by atoms with Gasteiger partial charge in [0.15, 0.2) is 11.4 Å². The van der Waals surface area contributed by atoms with E-state index in [1.54, 1.807) is 0 Å². The van der Waals surface area contributed by atoms with Crippen molar-refractivity contribution in [2.75, 3.05) is 0 Å². The van der Waals surface area contributed by atoms with Crippen molar-refractivity contribution in [3.63, 3.8) is 0 Å². The first-order valence-corrected chi connectivity index (χ1v) is 14.0. The first kappa shape index (κ1) is 23.0. The van der Waals surface area contributed by atoms with Gasteiger partial charge in [0, 0.05) is 27.3 Å². The molecular weight excluding hydrogens is 516 g/mol. The molecule has 0 bridgehead atoms. The molecule has 4 heteroatoms. The Morgan fingerprint density at radius 3 is 2.12 bits per heavy atom. The highest BCUT2D eigenvalue weighted by Crippen LogP contribution is 2.40. The van der Waals surface area contributed by atoms with E-state index in [0.717, 1.165) is 66.4 Å². The van der Waals surface area contributed by atoms with E-state index in [1.165, 1.54) is 10.8 Å². The molecule has 0 aliphatic heterocycles. The number of nitrogens with zero attached hydrogens (tertiary/aromatic N) is 2. The van der Waals surface area contributed by atoms with Gasteiger partial charge in [-0.05, 0) is 58.3 Å². The zero-order chi connectivity index (χ0) is 27.6. The molecule has 3 heterocycles. The molecule has 9 rings (SSSR count). The Hall–Kier alpha value is -5.74. The van der Waals surface area contributed by atoms with E-state index in [2.05, 4.69) is 84.9 Å². The zero-order valence-corrected chi connectivity index (χ0v) is 22.4. The topological polar surface area (TPSA) is 52.1 Å². The van der Waals surface area contributed by atoms with E-state index in [9.17, 15) is 0 Å². The van der Waals surface area contributed by atoms with Gasteiger partial charge < -0.3 is 8.83 Å². The molecule has 6 aromatic carbocycles. The fraction of sp³-hybridized carbons (Fsp3) is 0. The third-order valence-corrected chi connectivity index (χ3v) is 8.09. The van der Waals surface area contributed by atoms with Crippen LogP contribution in [0, 0.1) is 0 Å². The van der Waals surface area contributed by atoms with Crippen LogP contribution in [0.4, 0.5) is 0 Å². The van der Waals surface area contributed by atoms with Crippen LogP contribution in [0.15, 0.2) is 142 Å². The monoisotopic (exact) mass is 538 g/mol. The second kappa shape index (κ2) is 8.88. The summed E-state index contributed by atoms with van der Waals surface area (Å²) in [6.45, 7) is 0. The highest BCUT2D eigenvalue weighted by molar-refractivity contribution is 6.14. The molecule has 0 fully saturated rings. The maximum absolute atomic E-state index is 6.36. The third kappa shape index (κ3) is 3.49. The molecule has 0 aliphatic rings. The molecule has 0 aliphatic carbocycles. The Bertz CT molecular complexity index is 2470. The Balaban J connectivity index is 1.31. The molecule has 9 aromatic rings. The number of rotatable bonds is 3. The molecule has 0 saturated carbocycles. The minimum Gasteiger partial charge on any atom is -0.456 e. The normalized spacial score (nSPS) is 11.8. The van der Waals surface area contributed by atoms with Crippen LogP contribution in [0.2, 0.25) is 0 Å². The summed E-state index contributed by atoms with van der Waals surface area (Å²) in [6, 6.07) is 45.7. The lowest BCUT2D eigenvalue weighted by molar-refractivity contribution is 0.667. The molecule has 3 aromatic heterocycles. The van der Waals surface area contributed by atoms with Crippen LogP contribution in [0.25, 0.3) is 88.6 Å². The molecule has 0 amide bonds. The predicted molar refractivity (Wildman–Crippen MR) is 170 cm³/mol. The second-order valence-corrected chi connectivity index (χ2v) is 10.6. The number of benzene rings is 6. The fourth-order valence-corrected chi connectivity index (χ4v) is 6.06. The van der Waals surface area contributed by atoms with Crippen molar-refractivity contribution in [2.45, 2.75) is 0 Å². The van der Waals surface area contributed by atoms with Crippen LogP contribution in [-0.4, -0.2) is 9.97 Å². The highest BCUT2D eigenvalue weighted by atomic mass is 16.3. The molecule has 0 atom stereocenters. The van der Waals surface area contributed by atoms with Crippen LogP contribution >= 0.6 is 0 Å². The Kier molecular flexibility index (Phi) is 4.87. The molecule has 42 heavy (non-hydrogen) atoms. The summed E-state index contributed by atoms with van der Waals surface area (Å²) in [7, 11) is 0. The molecule has 0 N–H and O–H groups in total. The first-order chi connectivity index (χ1) is 20.8. The van der Waals surface area contributed by atoms with Crippen LogP contribution in [0.3, 0.4) is 0 Å². The van der Waals surface area contributed by atoms with E-state index < -0.39 is 0 Å². The molecular formula is C38H22N2O2. The summed E-state index contributed by atoms with van der Waals surface area (Å²) in [5, 5.41) is 5.45. The van der Waals surface area contributed by atoms with Gasteiger partial charge in [0.25, 0.3) is 0 Å². The third-order valence-electron chi connectivity index (χ3n) is 8.09. The van der Waals surface area contributed by atoms with Crippen LogP contribution in [0.1, 0.15) is 0 Å². The zero-order valence-electron chi connectivity index (χ0n) is 22.4. The van der Waals surface area contributed by atoms with E-state index in [4.69, 9.17) is 18.8 Å². The molecule has 196 valence electrons. The maximum Gasteiger partial charge on any atom is 0.180 e. The molecule has 0 radical (unpaired) electrons. The van der Waals surface area contributed by atoms with Crippen molar-refractivity contribution >= 4 is 54.8 Å². The van der Waals surface area contributed by atoms with Gasteiger partial charge in [0.05, 0.1) is 0 Å². The smallest absolute Gasteiger partial charge is 0.180 e. The van der Waals surface area contributed by atoms with E-state index in [-0.39, 0.29) is 0 Å². The minimum absolute atomic E-state index is 0.636. The SMILES string of the molecule is c1ccc(-c2nc(-c3cccc4oc5ccc(-c6ccc7ccccc7c6)cc5c34)nc3c2oc2ccccc23)cc1. The lowest BCUT2D eigenvalue weighted by Gasteiger charge is -2.08. The largest absolute Gasteiger partial charge is 0.456 e. The van der Waals surface area contributed by atoms with Crippen molar-refractivity contribution in [2.24, 2.45) is 0 Å². The van der Waals surface area contributed by atoms with Crippen LogP contribution < -0.4 is 0 Å². The molecule has 0 spiro atoms. The summed E-state index contributed by atoms with van der Waals surface area (Å²) < 4.78 is 12.7. The van der Waals surface area contributed by atoms with E-state index >= 15 is 0 Å². The lowest BCUT2D eigenvalue weighted by Crippen LogP contribution is -1.94. The predicted octanol–water partition coefficient (Wildman–Crippen LogP) is 10.4. The Labute approximate surface area is 240 Å². The molecule has 0 unspecified atom stereocenters. The minimum atomic E-state index is 0.636. The summed E-state index contributed by atoms with van der Waals surface area (Å²) in [5.41, 5.74) is 8.89. The average molecular weight is 539 g/mol. The van der Waals surface area contributed by atoms with Crippen molar-refractivity contribution in [3.8, 4) is 33.8 Å². The number of fused-ring (bicyclic) bond motifs is 7. The summed E-state index contributed by atoms with van der Waals surface area (Å²) >= 11 is 0. The number of hydrogen-bond donors (Lipinski definition) is 0. The number of para-hydroxylation sites is 1. The second-order valence-electron chi connectivity index (χ2n) is 10.6. The van der Waals surface area contributed by atoms with Gasteiger partial charge in [-0.25, -0.2) is 9.97 Å². The summed E-state index contributed by atoms with van der Waals surface area (Å²) in [4.78, 5) is 10.3. The average Bonchev–Trinajstić information content (AvgIpc) is 3.62. The Morgan fingerprint density at radius 2 is 1.19 bits per heavy atom. The van der Waals surface area contributed by atoms with Crippen molar-refractivity contribution in [3.05, 3.63) is 133 Å². The number of aromatic nitrogens is 2. The van der Waals surface area contributed by atoms with Crippen molar-refractivity contribution in [1.82, 2.24) is 9.97 Å². The van der Waals surface area contributed by atoms with Gasteiger partial charge in [0.1, 0.15) is 28.0 Å². The fourth-order valence-electron chi connectivity index (χ4n) is 6.06.